The Labute approximate surface area is 92.7 Å². The van der Waals surface area contributed by atoms with Crippen molar-refractivity contribution in [3.63, 3.8) is 0 Å². The number of halogens is 1. The number of anilines is 1. The molecule has 0 spiro atoms. The Morgan fingerprint density at radius 3 is 3.00 bits per heavy atom. The van der Waals surface area contributed by atoms with Crippen LogP contribution in [0.5, 0.6) is 0 Å². The van der Waals surface area contributed by atoms with Crippen molar-refractivity contribution in [2.75, 3.05) is 11.9 Å². The number of aliphatic hydroxyl groups is 1. The third-order valence-corrected chi connectivity index (χ3v) is 3.06. The second-order valence-corrected chi connectivity index (χ2v) is 4.03. The van der Waals surface area contributed by atoms with Crippen molar-refractivity contribution in [3.05, 3.63) is 22.3 Å². The van der Waals surface area contributed by atoms with Gasteiger partial charge in [0.1, 0.15) is 5.82 Å². The Hall–Kier alpha value is -0.610. The van der Waals surface area contributed by atoms with E-state index in [1.807, 2.05) is 19.9 Å². The highest BCUT2D eigenvalue weighted by molar-refractivity contribution is 9.10. The molecular weight excluding hydrogens is 244 g/mol. The first-order valence-corrected chi connectivity index (χ1v) is 5.47. The van der Waals surface area contributed by atoms with Gasteiger partial charge in [0.05, 0.1) is 10.6 Å². The van der Waals surface area contributed by atoms with Crippen LogP contribution in [-0.2, 0) is 0 Å². The van der Waals surface area contributed by atoms with Crippen LogP contribution in [0.3, 0.4) is 0 Å². The van der Waals surface area contributed by atoms with E-state index in [1.165, 1.54) is 0 Å². The lowest BCUT2D eigenvalue weighted by Gasteiger charge is -2.11. The van der Waals surface area contributed by atoms with Crippen LogP contribution >= 0.6 is 15.9 Å². The van der Waals surface area contributed by atoms with Crippen molar-refractivity contribution in [2.45, 2.75) is 26.4 Å². The molecule has 1 aromatic rings. The van der Waals surface area contributed by atoms with Gasteiger partial charge in [0.2, 0.25) is 0 Å². The predicted molar refractivity (Wildman–Crippen MR) is 61.5 cm³/mol. The molecule has 0 saturated heterocycles. The van der Waals surface area contributed by atoms with Gasteiger partial charge in [-0.1, -0.05) is 6.92 Å². The van der Waals surface area contributed by atoms with Crippen molar-refractivity contribution < 1.29 is 5.11 Å². The van der Waals surface area contributed by atoms with Gasteiger partial charge in [-0.2, -0.15) is 0 Å². The molecule has 0 aromatic carbocycles. The molecule has 0 bridgehead atoms. The normalized spacial score (nSPS) is 12.6. The lowest BCUT2D eigenvalue weighted by Crippen LogP contribution is -2.19. The van der Waals surface area contributed by atoms with Crippen molar-refractivity contribution in [1.29, 1.82) is 0 Å². The van der Waals surface area contributed by atoms with Gasteiger partial charge in [-0.15, -0.1) is 0 Å². The van der Waals surface area contributed by atoms with Crippen LogP contribution in [0.1, 0.15) is 18.9 Å². The van der Waals surface area contributed by atoms with E-state index in [9.17, 15) is 5.11 Å². The van der Waals surface area contributed by atoms with E-state index < -0.39 is 0 Å². The SMILES string of the molecule is CC[C@H](O)CNc1nccc(C)c1Br. The molecule has 1 heterocycles. The zero-order valence-electron chi connectivity index (χ0n) is 8.42. The minimum absolute atomic E-state index is 0.316. The van der Waals surface area contributed by atoms with E-state index in [4.69, 9.17) is 0 Å². The molecular formula is C10H15BrN2O. The zero-order valence-corrected chi connectivity index (χ0v) is 10.0. The van der Waals surface area contributed by atoms with Gasteiger partial charge < -0.3 is 10.4 Å². The summed E-state index contributed by atoms with van der Waals surface area (Å²) in [4.78, 5) is 4.18. The maximum Gasteiger partial charge on any atom is 0.140 e. The fourth-order valence-electron chi connectivity index (χ4n) is 1.02. The van der Waals surface area contributed by atoms with Crippen LogP contribution in [0.15, 0.2) is 16.7 Å². The Balaban J connectivity index is 2.63. The molecule has 0 amide bonds. The number of pyridine rings is 1. The van der Waals surface area contributed by atoms with Crippen LogP contribution in [0.4, 0.5) is 5.82 Å². The minimum Gasteiger partial charge on any atom is -0.391 e. The Morgan fingerprint density at radius 2 is 2.36 bits per heavy atom. The predicted octanol–water partition coefficient (Wildman–Crippen LogP) is 2.34. The summed E-state index contributed by atoms with van der Waals surface area (Å²) in [5.74, 6) is 0.789. The molecule has 0 aliphatic rings. The smallest absolute Gasteiger partial charge is 0.140 e. The van der Waals surface area contributed by atoms with Crippen LogP contribution in [-0.4, -0.2) is 22.7 Å². The third-order valence-electron chi connectivity index (χ3n) is 2.06. The fraction of sp³-hybridized carbons (Fsp3) is 0.500. The summed E-state index contributed by atoms with van der Waals surface area (Å²) in [6.45, 7) is 4.49. The van der Waals surface area contributed by atoms with Crippen LogP contribution in [0.25, 0.3) is 0 Å². The van der Waals surface area contributed by atoms with Crippen molar-refractivity contribution in [2.24, 2.45) is 0 Å². The second kappa shape index (κ2) is 5.32. The molecule has 4 heteroatoms. The summed E-state index contributed by atoms with van der Waals surface area (Å²) >= 11 is 3.45. The van der Waals surface area contributed by atoms with E-state index in [1.54, 1.807) is 6.20 Å². The molecule has 0 saturated carbocycles. The van der Waals surface area contributed by atoms with Gasteiger partial charge in [0.15, 0.2) is 0 Å². The van der Waals surface area contributed by atoms with Gasteiger partial charge in [0, 0.05) is 12.7 Å². The molecule has 0 aliphatic heterocycles. The molecule has 1 atom stereocenters. The summed E-state index contributed by atoms with van der Waals surface area (Å²) in [5.41, 5.74) is 1.13. The number of hydrogen-bond acceptors (Lipinski definition) is 3. The summed E-state index contributed by atoms with van der Waals surface area (Å²) < 4.78 is 0.961. The highest BCUT2D eigenvalue weighted by Gasteiger charge is 2.05. The molecule has 0 fully saturated rings. The van der Waals surface area contributed by atoms with E-state index in [2.05, 4.69) is 26.2 Å². The monoisotopic (exact) mass is 258 g/mol. The minimum atomic E-state index is -0.316. The lowest BCUT2D eigenvalue weighted by atomic mass is 10.2. The van der Waals surface area contributed by atoms with E-state index in [0.29, 0.717) is 6.54 Å². The van der Waals surface area contributed by atoms with Gasteiger partial charge >= 0.3 is 0 Å². The summed E-state index contributed by atoms with van der Waals surface area (Å²) in [6.07, 6.45) is 2.18. The van der Waals surface area contributed by atoms with Gasteiger partial charge in [0.25, 0.3) is 0 Å². The second-order valence-electron chi connectivity index (χ2n) is 3.23. The molecule has 14 heavy (non-hydrogen) atoms. The maximum atomic E-state index is 9.37. The Bertz CT molecular complexity index is 304. The third kappa shape index (κ3) is 2.96. The Kier molecular flexibility index (Phi) is 4.35. The Morgan fingerprint density at radius 1 is 1.64 bits per heavy atom. The molecule has 0 radical (unpaired) electrons. The van der Waals surface area contributed by atoms with Crippen molar-refractivity contribution in [3.8, 4) is 0 Å². The zero-order chi connectivity index (χ0) is 10.6. The number of aryl methyl sites for hydroxylation is 1. The van der Waals surface area contributed by atoms with Gasteiger partial charge in [-0.05, 0) is 40.9 Å². The molecule has 2 N–H and O–H groups in total. The summed E-state index contributed by atoms with van der Waals surface area (Å²) in [5, 5.41) is 12.5. The van der Waals surface area contributed by atoms with Crippen LogP contribution < -0.4 is 5.32 Å². The van der Waals surface area contributed by atoms with Gasteiger partial charge in [-0.25, -0.2) is 4.98 Å². The van der Waals surface area contributed by atoms with Crippen molar-refractivity contribution in [1.82, 2.24) is 4.98 Å². The quantitative estimate of drug-likeness (QED) is 0.872. The number of nitrogens with one attached hydrogen (secondary N) is 1. The standard InChI is InChI=1S/C10H15BrN2O/c1-3-8(14)6-13-10-9(11)7(2)4-5-12-10/h4-5,8,14H,3,6H2,1-2H3,(H,12,13)/t8-/m0/s1. The molecule has 1 rings (SSSR count). The number of aliphatic hydroxyl groups excluding tert-OH is 1. The first-order valence-electron chi connectivity index (χ1n) is 4.68. The molecule has 0 aliphatic carbocycles. The average molecular weight is 259 g/mol. The van der Waals surface area contributed by atoms with Crippen LogP contribution in [0.2, 0.25) is 0 Å². The van der Waals surface area contributed by atoms with Crippen molar-refractivity contribution >= 4 is 21.7 Å². The lowest BCUT2D eigenvalue weighted by molar-refractivity contribution is 0.183. The molecule has 0 unspecified atom stereocenters. The van der Waals surface area contributed by atoms with E-state index >= 15 is 0 Å². The fourth-order valence-corrected chi connectivity index (χ4v) is 1.40. The van der Waals surface area contributed by atoms with Crippen LogP contribution in [0, 0.1) is 6.92 Å². The number of nitrogens with zero attached hydrogens (tertiary/aromatic N) is 1. The highest BCUT2D eigenvalue weighted by atomic mass is 79.9. The largest absolute Gasteiger partial charge is 0.391 e. The molecule has 3 nitrogen and oxygen atoms in total. The topological polar surface area (TPSA) is 45.1 Å². The van der Waals surface area contributed by atoms with Gasteiger partial charge in [-0.3, -0.25) is 0 Å². The maximum absolute atomic E-state index is 9.37. The first-order chi connectivity index (χ1) is 6.65. The molecule has 78 valence electrons. The highest BCUT2D eigenvalue weighted by Crippen LogP contribution is 2.22. The molecule has 1 aromatic heterocycles. The van der Waals surface area contributed by atoms with E-state index in [-0.39, 0.29) is 6.10 Å². The number of aromatic nitrogens is 1. The first kappa shape index (κ1) is 11.5. The number of hydrogen-bond donors (Lipinski definition) is 2. The summed E-state index contributed by atoms with van der Waals surface area (Å²) in [6, 6.07) is 1.94. The van der Waals surface area contributed by atoms with E-state index in [0.717, 1.165) is 22.3 Å². The average Bonchev–Trinajstić information content (AvgIpc) is 2.20. The number of rotatable bonds is 4. The summed E-state index contributed by atoms with van der Waals surface area (Å²) in [7, 11) is 0.